The maximum absolute atomic E-state index is 13.5. The first-order valence-corrected chi connectivity index (χ1v) is 11.8. The summed E-state index contributed by atoms with van der Waals surface area (Å²) in [6.07, 6.45) is 3.33. The van der Waals surface area contributed by atoms with Crippen LogP contribution in [0.5, 0.6) is 0 Å². The zero-order valence-electron chi connectivity index (χ0n) is 18.5. The largest absolute Gasteiger partial charge is 0.358 e. The highest BCUT2D eigenvalue weighted by molar-refractivity contribution is 7.98. The molecule has 0 spiro atoms. The fraction of sp³-hybridized carbons (Fsp3) is 0.360. The van der Waals surface area contributed by atoms with E-state index >= 15 is 0 Å². The quantitative estimate of drug-likeness (QED) is 0.678. The van der Waals surface area contributed by atoms with Gasteiger partial charge in [0, 0.05) is 29.6 Å². The van der Waals surface area contributed by atoms with Crippen molar-refractivity contribution in [3.63, 3.8) is 0 Å². The molecule has 2 aliphatic rings. The lowest BCUT2D eigenvalue weighted by Crippen LogP contribution is -2.41. The van der Waals surface area contributed by atoms with Gasteiger partial charge < -0.3 is 15.5 Å². The van der Waals surface area contributed by atoms with Crippen LogP contribution in [0.25, 0.3) is 0 Å². The topological polar surface area (TPSA) is 61.4 Å². The Morgan fingerprint density at radius 1 is 1.16 bits per heavy atom. The lowest BCUT2D eigenvalue weighted by Gasteiger charge is -2.37. The van der Waals surface area contributed by atoms with Crippen LogP contribution in [0.3, 0.4) is 0 Å². The lowest BCUT2D eigenvalue weighted by atomic mass is 9.73. The molecule has 6 heteroatoms. The number of nitrogens with zero attached hydrogens (tertiary/aromatic N) is 1. The molecule has 0 aromatic heterocycles. The standard InChI is InChI=1S/C25H29N3O2S/c1-25(2)13-19-23(21(29)14-25)24(16-9-11-17(31-4)12-10-16)28(15-22(30)26-3)20-8-6-5-7-18(20)27-19/h5-12,24,27H,13-15H2,1-4H3,(H,26,30)/t24-/m0/s1. The van der Waals surface area contributed by atoms with Crippen LogP contribution in [0, 0.1) is 5.41 Å². The molecular weight excluding hydrogens is 406 g/mol. The number of ketones is 1. The summed E-state index contributed by atoms with van der Waals surface area (Å²) in [5, 5.41) is 6.32. The number of amides is 1. The number of benzene rings is 2. The van der Waals surface area contributed by atoms with Gasteiger partial charge in [-0.2, -0.15) is 0 Å². The number of allylic oxidation sites excluding steroid dienone is 1. The molecule has 0 saturated carbocycles. The summed E-state index contributed by atoms with van der Waals surface area (Å²) in [4.78, 5) is 29.3. The molecule has 162 valence electrons. The number of rotatable bonds is 4. The summed E-state index contributed by atoms with van der Waals surface area (Å²) in [5.41, 5.74) is 4.49. The molecule has 1 heterocycles. The molecule has 4 rings (SSSR count). The zero-order chi connectivity index (χ0) is 22.2. The third-order valence-electron chi connectivity index (χ3n) is 6.03. The van der Waals surface area contributed by atoms with Gasteiger partial charge in [0.25, 0.3) is 0 Å². The number of anilines is 2. The highest BCUT2D eigenvalue weighted by Gasteiger charge is 2.41. The minimum absolute atomic E-state index is 0.0897. The molecule has 1 aliphatic carbocycles. The van der Waals surface area contributed by atoms with Gasteiger partial charge in [0.2, 0.25) is 5.91 Å². The van der Waals surface area contributed by atoms with Gasteiger partial charge in [-0.25, -0.2) is 0 Å². The number of hydrogen-bond donors (Lipinski definition) is 2. The van der Waals surface area contributed by atoms with Crippen LogP contribution >= 0.6 is 11.8 Å². The molecule has 0 unspecified atom stereocenters. The number of thioether (sulfide) groups is 1. The van der Waals surface area contributed by atoms with Gasteiger partial charge in [-0.15, -0.1) is 11.8 Å². The fourth-order valence-corrected chi connectivity index (χ4v) is 5.00. The Morgan fingerprint density at radius 2 is 1.87 bits per heavy atom. The summed E-state index contributed by atoms with van der Waals surface area (Å²) in [7, 11) is 1.64. The van der Waals surface area contributed by atoms with E-state index in [1.165, 1.54) is 4.90 Å². The third-order valence-corrected chi connectivity index (χ3v) is 6.77. The number of para-hydroxylation sites is 2. The Balaban J connectivity index is 1.95. The molecule has 2 N–H and O–H groups in total. The highest BCUT2D eigenvalue weighted by Crippen LogP contribution is 2.48. The van der Waals surface area contributed by atoms with E-state index < -0.39 is 0 Å². The number of Topliss-reactive ketones (excluding diaryl/α,β-unsaturated/α-hetero) is 1. The van der Waals surface area contributed by atoms with E-state index in [1.807, 2.05) is 30.5 Å². The monoisotopic (exact) mass is 435 g/mol. The molecule has 5 nitrogen and oxygen atoms in total. The first-order valence-electron chi connectivity index (χ1n) is 10.6. The van der Waals surface area contributed by atoms with Gasteiger partial charge in [0.1, 0.15) is 0 Å². The average molecular weight is 436 g/mol. The Morgan fingerprint density at radius 3 is 2.55 bits per heavy atom. The normalized spacial score (nSPS) is 19.8. The van der Waals surface area contributed by atoms with Crippen molar-refractivity contribution in [2.24, 2.45) is 5.41 Å². The van der Waals surface area contributed by atoms with E-state index in [9.17, 15) is 9.59 Å². The summed E-state index contributed by atoms with van der Waals surface area (Å²) < 4.78 is 0. The second-order valence-corrected chi connectivity index (χ2v) is 9.83. The Labute approximate surface area is 188 Å². The Kier molecular flexibility index (Phi) is 5.84. The van der Waals surface area contributed by atoms with Crippen molar-refractivity contribution in [2.75, 3.05) is 30.1 Å². The first kappa shape index (κ1) is 21.5. The SMILES string of the molecule is CNC(=O)CN1c2ccccc2NC2=C(C(=O)CC(C)(C)C2)[C@@H]1c1ccc(SC)cc1. The highest BCUT2D eigenvalue weighted by atomic mass is 32.2. The zero-order valence-corrected chi connectivity index (χ0v) is 19.3. The number of fused-ring (bicyclic) bond motifs is 1. The molecule has 0 radical (unpaired) electrons. The van der Waals surface area contributed by atoms with Crippen molar-refractivity contribution in [3.05, 3.63) is 65.4 Å². The Bertz CT molecular complexity index is 1040. The molecule has 0 fully saturated rings. The van der Waals surface area contributed by atoms with E-state index in [1.54, 1.807) is 18.8 Å². The minimum Gasteiger partial charge on any atom is -0.358 e. The summed E-state index contributed by atoms with van der Waals surface area (Å²) in [6.45, 7) is 4.44. The number of carbonyl (C=O) groups excluding carboxylic acids is 2. The molecule has 31 heavy (non-hydrogen) atoms. The molecule has 1 atom stereocenters. The number of nitrogens with one attached hydrogen (secondary N) is 2. The predicted octanol–water partition coefficient (Wildman–Crippen LogP) is 4.77. The molecule has 1 amide bonds. The third kappa shape index (κ3) is 4.22. The molecule has 0 bridgehead atoms. The van der Waals surface area contributed by atoms with Gasteiger partial charge in [-0.1, -0.05) is 38.1 Å². The van der Waals surface area contributed by atoms with E-state index in [0.717, 1.165) is 34.6 Å². The lowest BCUT2D eigenvalue weighted by molar-refractivity contribution is -0.120. The first-order chi connectivity index (χ1) is 14.8. The van der Waals surface area contributed by atoms with E-state index in [4.69, 9.17) is 0 Å². The average Bonchev–Trinajstić information content (AvgIpc) is 2.87. The molecular formula is C25H29N3O2S. The van der Waals surface area contributed by atoms with E-state index in [0.29, 0.717) is 6.42 Å². The van der Waals surface area contributed by atoms with E-state index in [2.05, 4.69) is 53.6 Å². The van der Waals surface area contributed by atoms with Gasteiger partial charge in [-0.05, 0) is 47.9 Å². The predicted molar refractivity (Wildman–Crippen MR) is 127 cm³/mol. The van der Waals surface area contributed by atoms with Gasteiger partial charge in [-0.3, -0.25) is 9.59 Å². The second kappa shape index (κ2) is 8.42. The Hall–Kier alpha value is -2.73. The summed E-state index contributed by atoms with van der Waals surface area (Å²) in [5.74, 6) is 0.0561. The molecule has 2 aromatic rings. The molecule has 0 saturated heterocycles. The van der Waals surface area contributed by atoms with Crippen LogP contribution in [-0.2, 0) is 9.59 Å². The maximum Gasteiger partial charge on any atom is 0.239 e. The molecule has 1 aliphatic heterocycles. The number of likely N-dealkylation sites (N-methyl/N-ethyl adjacent to an activating group) is 1. The molecule has 2 aromatic carbocycles. The number of carbonyl (C=O) groups is 2. The van der Waals surface area contributed by atoms with Crippen molar-refractivity contribution in [1.29, 1.82) is 0 Å². The number of hydrogen-bond acceptors (Lipinski definition) is 5. The van der Waals surface area contributed by atoms with Crippen LogP contribution in [0.15, 0.2) is 64.7 Å². The summed E-state index contributed by atoms with van der Waals surface area (Å²) >= 11 is 1.69. The fourth-order valence-electron chi connectivity index (χ4n) is 4.59. The van der Waals surface area contributed by atoms with Crippen molar-refractivity contribution < 1.29 is 9.59 Å². The summed E-state index contributed by atoms with van der Waals surface area (Å²) in [6, 6.07) is 16.0. The second-order valence-electron chi connectivity index (χ2n) is 8.95. The van der Waals surface area contributed by atoms with Crippen molar-refractivity contribution >= 4 is 34.8 Å². The van der Waals surface area contributed by atoms with Crippen LogP contribution < -0.4 is 15.5 Å². The van der Waals surface area contributed by atoms with Gasteiger partial charge in [0.05, 0.1) is 24.0 Å². The van der Waals surface area contributed by atoms with Crippen molar-refractivity contribution in [3.8, 4) is 0 Å². The van der Waals surface area contributed by atoms with E-state index in [-0.39, 0.29) is 29.7 Å². The van der Waals surface area contributed by atoms with Crippen molar-refractivity contribution in [1.82, 2.24) is 5.32 Å². The van der Waals surface area contributed by atoms with Gasteiger partial charge in [0.15, 0.2) is 5.78 Å². The van der Waals surface area contributed by atoms with Crippen LogP contribution in [0.1, 0.15) is 38.3 Å². The van der Waals surface area contributed by atoms with Gasteiger partial charge >= 0.3 is 0 Å². The van der Waals surface area contributed by atoms with Crippen molar-refractivity contribution in [2.45, 2.75) is 37.6 Å². The van der Waals surface area contributed by atoms with Crippen LogP contribution in [0.4, 0.5) is 11.4 Å². The maximum atomic E-state index is 13.5. The minimum atomic E-state index is -0.331. The smallest absolute Gasteiger partial charge is 0.239 e. The van der Waals surface area contributed by atoms with Crippen LogP contribution in [0.2, 0.25) is 0 Å². The van der Waals surface area contributed by atoms with Crippen LogP contribution in [-0.4, -0.2) is 31.5 Å².